The summed E-state index contributed by atoms with van der Waals surface area (Å²) in [5.74, 6) is 0.918. The Morgan fingerprint density at radius 2 is 2.25 bits per heavy atom. The van der Waals surface area contributed by atoms with Crippen molar-refractivity contribution in [3.63, 3.8) is 0 Å². The monoisotopic (exact) mass is 330 g/mol. The molecule has 1 saturated heterocycles. The number of piperidine rings is 1. The van der Waals surface area contributed by atoms with Crippen LogP contribution in [0.1, 0.15) is 23.2 Å². The Morgan fingerprint density at radius 1 is 1.42 bits per heavy atom. The van der Waals surface area contributed by atoms with Gasteiger partial charge in [-0.25, -0.2) is 0 Å². The minimum Gasteiger partial charge on any atom is -0.504 e. The Bertz CT molecular complexity index is 728. The van der Waals surface area contributed by atoms with Crippen LogP contribution in [-0.2, 0) is 7.05 Å². The summed E-state index contributed by atoms with van der Waals surface area (Å²) >= 11 is 0. The Kier molecular flexibility index (Phi) is 4.59. The zero-order valence-corrected chi connectivity index (χ0v) is 13.9. The van der Waals surface area contributed by atoms with Gasteiger partial charge in [-0.1, -0.05) is 6.07 Å². The van der Waals surface area contributed by atoms with Crippen LogP contribution in [0.5, 0.6) is 11.5 Å². The lowest BCUT2D eigenvalue weighted by Gasteiger charge is -2.34. The van der Waals surface area contributed by atoms with Crippen molar-refractivity contribution in [1.82, 2.24) is 15.1 Å². The molecule has 1 atom stereocenters. The van der Waals surface area contributed by atoms with Gasteiger partial charge in [0.15, 0.2) is 11.5 Å². The summed E-state index contributed by atoms with van der Waals surface area (Å²) in [6, 6.07) is 6.90. The molecule has 1 aromatic heterocycles. The fourth-order valence-corrected chi connectivity index (χ4v) is 3.11. The number of methoxy groups -OCH3 is 1. The molecule has 0 spiro atoms. The molecule has 2 N–H and O–H groups in total. The van der Waals surface area contributed by atoms with Gasteiger partial charge in [0.05, 0.1) is 18.9 Å². The molecule has 3 rings (SSSR count). The lowest BCUT2D eigenvalue weighted by molar-refractivity contribution is 0.0929. The number of phenols is 1. The topological polar surface area (TPSA) is 79.6 Å². The predicted molar refractivity (Wildman–Crippen MR) is 90.6 cm³/mol. The van der Waals surface area contributed by atoms with E-state index < -0.39 is 0 Å². The average Bonchev–Trinajstić information content (AvgIpc) is 3.01. The van der Waals surface area contributed by atoms with E-state index in [1.54, 1.807) is 24.4 Å². The first-order valence-electron chi connectivity index (χ1n) is 8.00. The molecule has 0 radical (unpaired) electrons. The molecule has 0 saturated carbocycles. The van der Waals surface area contributed by atoms with Crippen LogP contribution >= 0.6 is 0 Å². The van der Waals surface area contributed by atoms with Gasteiger partial charge in [-0.15, -0.1) is 0 Å². The number of phenolic OH excluding ortho intramolecular Hbond substituents is 1. The van der Waals surface area contributed by atoms with E-state index in [1.807, 2.05) is 17.8 Å². The van der Waals surface area contributed by atoms with Gasteiger partial charge in [-0.05, 0) is 25.0 Å². The lowest BCUT2D eigenvalue weighted by Crippen LogP contribution is -2.48. The van der Waals surface area contributed by atoms with E-state index in [2.05, 4.69) is 15.3 Å². The second kappa shape index (κ2) is 6.82. The molecule has 7 nitrogen and oxygen atoms in total. The minimum atomic E-state index is -0.289. The number of hydrogen-bond acceptors (Lipinski definition) is 5. The summed E-state index contributed by atoms with van der Waals surface area (Å²) in [5, 5.41) is 17.3. The Morgan fingerprint density at radius 3 is 2.96 bits per heavy atom. The van der Waals surface area contributed by atoms with Gasteiger partial charge in [0.2, 0.25) is 0 Å². The fraction of sp³-hybridized carbons (Fsp3) is 0.412. The van der Waals surface area contributed by atoms with Gasteiger partial charge in [0.25, 0.3) is 5.91 Å². The molecule has 7 heteroatoms. The Labute approximate surface area is 140 Å². The first-order chi connectivity index (χ1) is 11.6. The predicted octanol–water partition coefficient (Wildman–Crippen LogP) is 1.53. The van der Waals surface area contributed by atoms with E-state index in [1.165, 1.54) is 7.11 Å². The second-order valence-electron chi connectivity index (χ2n) is 5.93. The number of para-hydroxylation sites is 1. The first kappa shape index (κ1) is 16.2. The van der Waals surface area contributed by atoms with Crippen molar-refractivity contribution in [1.29, 1.82) is 0 Å². The molecule has 1 amide bonds. The zero-order chi connectivity index (χ0) is 17.1. The van der Waals surface area contributed by atoms with Crippen molar-refractivity contribution in [2.45, 2.75) is 18.9 Å². The highest BCUT2D eigenvalue weighted by atomic mass is 16.5. The Balaban J connectivity index is 1.69. The number of carbonyl (C=O) groups is 1. The van der Waals surface area contributed by atoms with Crippen LogP contribution in [0.25, 0.3) is 0 Å². The maximum atomic E-state index is 12.5. The Hall–Kier alpha value is -2.70. The van der Waals surface area contributed by atoms with E-state index in [4.69, 9.17) is 4.74 Å². The molecular formula is C17H22N4O3. The number of anilines is 1. The SMILES string of the molecule is COc1cccc(C(=O)N[C@H]2CCCN(c3ccnn3C)C2)c1O. The van der Waals surface area contributed by atoms with Crippen molar-refractivity contribution in [3.05, 3.63) is 36.0 Å². The van der Waals surface area contributed by atoms with E-state index in [0.29, 0.717) is 5.75 Å². The molecule has 2 aromatic rings. The van der Waals surface area contributed by atoms with E-state index in [0.717, 1.165) is 31.7 Å². The maximum Gasteiger partial charge on any atom is 0.255 e. The number of rotatable bonds is 4. The molecule has 1 aliphatic rings. The van der Waals surface area contributed by atoms with Crippen molar-refractivity contribution >= 4 is 11.7 Å². The molecular weight excluding hydrogens is 308 g/mol. The standard InChI is InChI=1S/C17H22N4O3/c1-20-15(8-9-18-20)21-10-4-5-12(11-21)19-17(23)13-6-3-7-14(24-2)16(13)22/h3,6-9,12,22H,4-5,10-11H2,1-2H3,(H,19,23)/t12-/m0/s1. The number of benzene rings is 1. The summed E-state index contributed by atoms with van der Waals surface area (Å²) in [4.78, 5) is 14.7. The molecule has 0 unspecified atom stereocenters. The first-order valence-corrected chi connectivity index (χ1v) is 8.00. The number of aromatic hydroxyl groups is 1. The number of carbonyl (C=O) groups excluding carboxylic acids is 1. The van der Waals surface area contributed by atoms with Crippen LogP contribution in [0.15, 0.2) is 30.5 Å². The van der Waals surface area contributed by atoms with Crippen LogP contribution in [0.3, 0.4) is 0 Å². The van der Waals surface area contributed by atoms with Crippen molar-refractivity contribution in [2.75, 3.05) is 25.1 Å². The van der Waals surface area contributed by atoms with Crippen molar-refractivity contribution < 1.29 is 14.6 Å². The van der Waals surface area contributed by atoms with Crippen molar-refractivity contribution in [3.8, 4) is 11.5 Å². The van der Waals surface area contributed by atoms with Gasteiger partial charge in [0, 0.05) is 32.2 Å². The van der Waals surface area contributed by atoms with Gasteiger partial charge in [0.1, 0.15) is 5.82 Å². The molecule has 128 valence electrons. The fourth-order valence-electron chi connectivity index (χ4n) is 3.11. The van der Waals surface area contributed by atoms with Crippen molar-refractivity contribution in [2.24, 2.45) is 7.05 Å². The van der Waals surface area contributed by atoms with E-state index in [-0.39, 0.29) is 23.3 Å². The summed E-state index contributed by atoms with van der Waals surface area (Å²) < 4.78 is 6.89. The van der Waals surface area contributed by atoms with Gasteiger partial charge >= 0.3 is 0 Å². The third kappa shape index (κ3) is 3.15. The van der Waals surface area contributed by atoms with Crippen LogP contribution in [-0.4, -0.2) is 47.0 Å². The van der Waals surface area contributed by atoms with Gasteiger partial charge < -0.3 is 20.1 Å². The van der Waals surface area contributed by atoms with Crippen LogP contribution in [0.4, 0.5) is 5.82 Å². The normalized spacial score (nSPS) is 17.6. The summed E-state index contributed by atoms with van der Waals surface area (Å²) in [7, 11) is 3.37. The number of amides is 1. The number of nitrogens with zero attached hydrogens (tertiary/aromatic N) is 3. The molecule has 24 heavy (non-hydrogen) atoms. The average molecular weight is 330 g/mol. The van der Waals surface area contributed by atoms with Crippen LogP contribution in [0, 0.1) is 0 Å². The van der Waals surface area contributed by atoms with Gasteiger partial charge in [-0.3, -0.25) is 9.48 Å². The number of hydrogen-bond donors (Lipinski definition) is 2. The molecule has 0 bridgehead atoms. The molecule has 0 aliphatic carbocycles. The highest BCUT2D eigenvalue weighted by Gasteiger charge is 2.24. The van der Waals surface area contributed by atoms with E-state index >= 15 is 0 Å². The molecule has 1 aliphatic heterocycles. The number of aromatic nitrogens is 2. The minimum absolute atomic E-state index is 0.0201. The van der Waals surface area contributed by atoms with E-state index in [9.17, 15) is 9.90 Å². The summed E-state index contributed by atoms with van der Waals surface area (Å²) in [5.41, 5.74) is 0.229. The third-order valence-corrected chi connectivity index (χ3v) is 4.34. The largest absolute Gasteiger partial charge is 0.504 e. The smallest absolute Gasteiger partial charge is 0.255 e. The number of nitrogens with one attached hydrogen (secondary N) is 1. The number of aryl methyl sites for hydroxylation is 1. The maximum absolute atomic E-state index is 12.5. The summed E-state index contributed by atoms with van der Waals surface area (Å²) in [6.07, 6.45) is 3.66. The van der Waals surface area contributed by atoms with Crippen LogP contribution in [0.2, 0.25) is 0 Å². The molecule has 1 fully saturated rings. The highest BCUT2D eigenvalue weighted by Crippen LogP contribution is 2.29. The van der Waals surface area contributed by atoms with Crippen LogP contribution < -0.4 is 15.0 Å². The lowest BCUT2D eigenvalue weighted by atomic mass is 10.0. The third-order valence-electron chi connectivity index (χ3n) is 4.34. The zero-order valence-electron chi connectivity index (χ0n) is 13.9. The number of ether oxygens (including phenoxy) is 1. The second-order valence-corrected chi connectivity index (χ2v) is 5.93. The van der Waals surface area contributed by atoms with Gasteiger partial charge in [-0.2, -0.15) is 5.10 Å². The molecule has 1 aromatic carbocycles. The molecule has 2 heterocycles. The highest BCUT2D eigenvalue weighted by molar-refractivity contribution is 5.97. The summed E-state index contributed by atoms with van der Waals surface area (Å²) in [6.45, 7) is 1.66. The quantitative estimate of drug-likeness (QED) is 0.889.